The van der Waals surface area contributed by atoms with Crippen LogP contribution in [0.3, 0.4) is 0 Å². The number of hydrogen-bond donors (Lipinski definition) is 3. The van der Waals surface area contributed by atoms with Crippen molar-refractivity contribution in [2.45, 2.75) is 6.04 Å². The van der Waals surface area contributed by atoms with Gasteiger partial charge >= 0.3 is 0 Å². The topological polar surface area (TPSA) is 61.9 Å². The zero-order valence-electron chi connectivity index (χ0n) is 11.1. The molecule has 0 aliphatic carbocycles. The van der Waals surface area contributed by atoms with Crippen LogP contribution in [0.4, 0.5) is 5.82 Å². The smallest absolute Gasteiger partial charge is 0.152 e. The average Bonchev–Trinajstić information content (AvgIpc) is 3.17. The molecule has 0 bridgehead atoms. The van der Waals surface area contributed by atoms with Gasteiger partial charge in [-0.3, -0.25) is 0 Å². The highest BCUT2D eigenvalue weighted by atomic mass is 32.1. The first-order chi connectivity index (χ1) is 10.4. The molecule has 1 aliphatic heterocycles. The van der Waals surface area contributed by atoms with Crippen LogP contribution in [0.2, 0.25) is 0 Å². The molecule has 5 nitrogen and oxygen atoms in total. The Morgan fingerprint density at radius 1 is 1.10 bits per heavy atom. The molecule has 0 saturated carbocycles. The highest BCUT2D eigenvalue weighted by Crippen LogP contribution is 2.26. The van der Waals surface area contributed by atoms with E-state index in [1.54, 1.807) is 17.7 Å². The summed E-state index contributed by atoms with van der Waals surface area (Å²) < 4.78 is 1.06. The summed E-state index contributed by atoms with van der Waals surface area (Å²) in [5, 5.41) is 5.34. The summed E-state index contributed by atoms with van der Waals surface area (Å²) in [5.41, 5.74) is 8.57. The summed E-state index contributed by atoms with van der Waals surface area (Å²) in [5.74, 6) is 1.72. The maximum atomic E-state index is 4.32. The first kappa shape index (κ1) is 12.3. The van der Waals surface area contributed by atoms with E-state index < -0.39 is 0 Å². The summed E-state index contributed by atoms with van der Waals surface area (Å²) in [7, 11) is 0. The normalized spacial score (nSPS) is 17.5. The number of benzene rings is 1. The molecular formula is C15H13N5S. The van der Waals surface area contributed by atoms with Gasteiger partial charge in [-0.15, -0.1) is 11.3 Å². The summed E-state index contributed by atoms with van der Waals surface area (Å²) in [6.07, 6.45) is 3.69. The van der Waals surface area contributed by atoms with Gasteiger partial charge in [0.2, 0.25) is 0 Å². The summed E-state index contributed by atoms with van der Waals surface area (Å²) in [6.45, 7) is 0. The van der Waals surface area contributed by atoms with E-state index in [9.17, 15) is 0 Å². The van der Waals surface area contributed by atoms with E-state index in [4.69, 9.17) is 0 Å². The Bertz CT molecular complexity index is 796. The molecule has 0 saturated heterocycles. The maximum absolute atomic E-state index is 4.32. The Morgan fingerprint density at radius 2 is 2.00 bits per heavy atom. The summed E-state index contributed by atoms with van der Waals surface area (Å²) in [6, 6.07) is 12.4. The van der Waals surface area contributed by atoms with Crippen LogP contribution in [0.5, 0.6) is 0 Å². The van der Waals surface area contributed by atoms with Gasteiger partial charge in [0, 0.05) is 0 Å². The van der Waals surface area contributed by atoms with Crippen LogP contribution in [0, 0.1) is 0 Å². The van der Waals surface area contributed by atoms with E-state index in [1.165, 1.54) is 5.56 Å². The largest absolute Gasteiger partial charge is 0.325 e. The number of rotatable bonds is 3. The maximum Gasteiger partial charge on any atom is 0.152 e. The minimum absolute atomic E-state index is 0.148. The number of fused-ring (bicyclic) bond motifs is 1. The van der Waals surface area contributed by atoms with Crippen molar-refractivity contribution in [2.24, 2.45) is 0 Å². The highest BCUT2D eigenvalue weighted by molar-refractivity contribution is 7.17. The molecule has 1 atom stereocenters. The second-order valence-electron chi connectivity index (χ2n) is 4.72. The molecule has 1 unspecified atom stereocenters. The van der Waals surface area contributed by atoms with Crippen LogP contribution in [0.1, 0.15) is 11.6 Å². The van der Waals surface area contributed by atoms with E-state index >= 15 is 0 Å². The van der Waals surface area contributed by atoms with E-state index in [0.29, 0.717) is 0 Å². The molecule has 21 heavy (non-hydrogen) atoms. The molecule has 0 fully saturated rings. The van der Waals surface area contributed by atoms with Crippen LogP contribution < -0.4 is 16.2 Å². The second-order valence-corrected chi connectivity index (χ2v) is 5.64. The fourth-order valence-electron chi connectivity index (χ4n) is 2.32. The quantitative estimate of drug-likeness (QED) is 0.693. The molecule has 0 amide bonds. The van der Waals surface area contributed by atoms with Gasteiger partial charge in [0.05, 0.1) is 16.3 Å². The van der Waals surface area contributed by atoms with Crippen molar-refractivity contribution in [2.75, 3.05) is 5.32 Å². The van der Waals surface area contributed by atoms with Crippen molar-refractivity contribution >= 4 is 27.4 Å². The van der Waals surface area contributed by atoms with Gasteiger partial charge in [-0.25, -0.2) is 15.4 Å². The van der Waals surface area contributed by atoms with Gasteiger partial charge in [-0.05, 0) is 23.1 Å². The van der Waals surface area contributed by atoms with E-state index in [2.05, 4.69) is 44.3 Å². The Balaban J connectivity index is 1.59. The van der Waals surface area contributed by atoms with Crippen LogP contribution in [-0.2, 0) is 0 Å². The first-order valence-corrected chi connectivity index (χ1v) is 7.52. The van der Waals surface area contributed by atoms with Gasteiger partial charge in [0.1, 0.15) is 12.1 Å². The Labute approximate surface area is 125 Å². The lowest BCUT2D eigenvalue weighted by molar-refractivity contribution is 0.598. The third kappa shape index (κ3) is 2.35. The fraction of sp³-hybridized carbons (Fsp3) is 0.0667. The van der Waals surface area contributed by atoms with E-state index in [-0.39, 0.29) is 6.04 Å². The van der Waals surface area contributed by atoms with Crippen LogP contribution >= 0.6 is 11.3 Å². The lowest BCUT2D eigenvalue weighted by Crippen LogP contribution is -2.29. The van der Waals surface area contributed by atoms with Crippen LogP contribution in [0.15, 0.2) is 60.0 Å². The molecule has 1 aliphatic rings. The molecule has 3 heterocycles. The number of aromatic nitrogens is 2. The predicted molar refractivity (Wildman–Crippen MR) is 84.6 cm³/mol. The van der Waals surface area contributed by atoms with Gasteiger partial charge in [0.15, 0.2) is 5.82 Å². The van der Waals surface area contributed by atoms with Gasteiger partial charge in [0.25, 0.3) is 0 Å². The summed E-state index contributed by atoms with van der Waals surface area (Å²) >= 11 is 1.63. The number of nitrogens with zero attached hydrogens (tertiary/aromatic N) is 2. The van der Waals surface area contributed by atoms with E-state index in [0.717, 1.165) is 21.9 Å². The third-order valence-corrected chi connectivity index (χ3v) is 4.26. The zero-order valence-corrected chi connectivity index (χ0v) is 11.9. The lowest BCUT2D eigenvalue weighted by Gasteiger charge is -2.09. The number of nitrogens with one attached hydrogen (secondary N) is 3. The average molecular weight is 295 g/mol. The zero-order chi connectivity index (χ0) is 14.1. The van der Waals surface area contributed by atoms with Gasteiger partial charge < -0.3 is 10.7 Å². The molecule has 2 aromatic heterocycles. The standard InChI is InChI=1S/C15H13N5S/c1-2-4-10(5-3-1)12-8-13(20-19-12)18-15-14-11(6-7-21-14)16-9-17-15/h1-9,12,19-20H,(H,16,17,18). The van der Waals surface area contributed by atoms with Crippen molar-refractivity contribution in [1.29, 1.82) is 0 Å². The molecule has 0 spiro atoms. The SMILES string of the molecule is C1=C(Nc2ncnc3ccsc23)NNC1c1ccccc1. The molecule has 104 valence electrons. The number of thiophene rings is 1. The molecule has 3 N–H and O–H groups in total. The van der Waals surface area contributed by atoms with Crippen LogP contribution in [0.25, 0.3) is 10.2 Å². The Morgan fingerprint density at radius 3 is 2.90 bits per heavy atom. The Kier molecular flexibility index (Phi) is 3.02. The van der Waals surface area contributed by atoms with Crippen molar-refractivity contribution in [1.82, 2.24) is 20.8 Å². The van der Waals surface area contributed by atoms with Crippen molar-refractivity contribution in [3.8, 4) is 0 Å². The molecule has 3 aromatic rings. The lowest BCUT2D eigenvalue weighted by atomic mass is 10.1. The van der Waals surface area contributed by atoms with Crippen LogP contribution in [-0.4, -0.2) is 9.97 Å². The minimum Gasteiger partial charge on any atom is -0.325 e. The fourth-order valence-corrected chi connectivity index (χ4v) is 3.11. The molecule has 6 heteroatoms. The van der Waals surface area contributed by atoms with Crippen molar-refractivity contribution < 1.29 is 0 Å². The molecule has 4 rings (SSSR count). The second kappa shape index (κ2) is 5.16. The molecular weight excluding hydrogens is 282 g/mol. The summed E-state index contributed by atoms with van der Waals surface area (Å²) in [4.78, 5) is 8.56. The van der Waals surface area contributed by atoms with Gasteiger partial charge in [-0.2, -0.15) is 0 Å². The third-order valence-electron chi connectivity index (χ3n) is 3.35. The number of anilines is 1. The molecule has 1 aromatic carbocycles. The van der Waals surface area contributed by atoms with Crippen molar-refractivity contribution in [3.05, 3.63) is 65.6 Å². The minimum atomic E-state index is 0.148. The van der Waals surface area contributed by atoms with E-state index in [1.807, 2.05) is 29.6 Å². The van der Waals surface area contributed by atoms with Crippen molar-refractivity contribution in [3.63, 3.8) is 0 Å². The monoisotopic (exact) mass is 295 g/mol. The highest BCUT2D eigenvalue weighted by Gasteiger charge is 2.17. The molecule has 0 radical (unpaired) electrons. The predicted octanol–water partition coefficient (Wildman–Crippen LogP) is 2.79. The van der Waals surface area contributed by atoms with Gasteiger partial charge in [-0.1, -0.05) is 30.3 Å². The number of hydrazine groups is 1. The first-order valence-electron chi connectivity index (χ1n) is 6.64. The Hall–Kier alpha value is -2.44. The number of hydrogen-bond acceptors (Lipinski definition) is 6.